The van der Waals surface area contributed by atoms with Crippen molar-refractivity contribution in [2.45, 2.75) is 26.6 Å². The highest BCUT2D eigenvalue weighted by molar-refractivity contribution is 7.80. The first kappa shape index (κ1) is 17.9. The monoisotopic (exact) mass is 370 g/mol. The van der Waals surface area contributed by atoms with Gasteiger partial charge in [0.2, 0.25) is 0 Å². The molecule has 0 aliphatic carbocycles. The Kier molecular flexibility index (Phi) is 5.85. The van der Waals surface area contributed by atoms with E-state index in [0.29, 0.717) is 18.2 Å². The lowest BCUT2D eigenvalue weighted by molar-refractivity contribution is 0.414. The second kappa shape index (κ2) is 8.48. The summed E-state index contributed by atoms with van der Waals surface area (Å²) in [4.78, 5) is 0. The minimum Gasteiger partial charge on any atom is -0.497 e. The van der Waals surface area contributed by atoms with Crippen molar-refractivity contribution in [1.82, 2.24) is 24.9 Å². The van der Waals surface area contributed by atoms with Crippen molar-refractivity contribution in [3.05, 3.63) is 60.2 Å². The van der Waals surface area contributed by atoms with Gasteiger partial charge in [-0.05, 0) is 36.8 Å². The molecule has 0 atom stereocenters. The predicted octanol–water partition coefficient (Wildman–Crippen LogP) is 2.64. The zero-order chi connectivity index (χ0) is 18.4. The SMILES string of the molecule is CCn1cc(CNC(=S)Nc2cnn(Cc3cccc(OC)c3)c2)cn1. The second-order valence-electron chi connectivity index (χ2n) is 5.79. The molecule has 0 aliphatic heterocycles. The zero-order valence-corrected chi connectivity index (χ0v) is 15.7. The highest BCUT2D eigenvalue weighted by Gasteiger charge is 2.04. The number of hydrogen-bond donors (Lipinski definition) is 2. The molecule has 0 bridgehead atoms. The maximum absolute atomic E-state index is 5.34. The molecule has 2 aromatic heterocycles. The van der Waals surface area contributed by atoms with Gasteiger partial charge in [-0.1, -0.05) is 12.1 Å². The molecule has 0 spiro atoms. The van der Waals surface area contributed by atoms with E-state index < -0.39 is 0 Å². The smallest absolute Gasteiger partial charge is 0.171 e. The van der Waals surface area contributed by atoms with E-state index in [2.05, 4.69) is 27.8 Å². The van der Waals surface area contributed by atoms with Gasteiger partial charge in [-0.25, -0.2) is 0 Å². The van der Waals surface area contributed by atoms with Crippen LogP contribution in [0.2, 0.25) is 0 Å². The van der Waals surface area contributed by atoms with Crippen molar-refractivity contribution in [2.24, 2.45) is 0 Å². The number of rotatable bonds is 7. The third-order valence-electron chi connectivity index (χ3n) is 3.83. The molecule has 2 N–H and O–H groups in total. The number of thiocarbonyl (C=S) groups is 1. The second-order valence-corrected chi connectivity index (χ2v) is 6.20. The summed E-state index contributed by atoms with van der Waals surface area (Å²) in [5, 5.41) is 15.5. The first-order valence-electron chi connectivity index (χ1n) is 8.38. The number of benzene rings is 1. The standard InChI is InChI=1S/C18H22N6OS/c1-3-23-12-15(9-20-23)8-19-18(26)22-16-10-21-24(13-16)11-14-5-4-6-17(7-14)25-2/h4-7,9-10,12-13H,3,8,11H2,1-2H3,(H2,19,22,26). The van der Waals surface area contributed by atoms with E-state index in [1.165, 1.54) is 0 Å². The topological polar surface area (TPSA) is 68.9 Å². The zero-order valence-electron chi connectivity index (χ0n) is 14.8. The minimum absolute atomic E-state index is 0.551. The van der Waals surface area contributed by atoms with Crippen LogP contribution in [-0.4, -0.2) is 31.8 Å². The molecule has 1 aromatic carbocycles. The normalized spacial score (nSPS) is 10.5. The summed E-state index contributed by atoms with van der Waals surface area (Å²) in [5.41, 5.74) is 3.05. The van der Waals surface area contributed by atoms with Gasteiger partial charge in [-0.3, -0.25) is 9.36 Å². The molecule has 2 heterocycles. The van der Waals surface area contributed by atoms with Crippen LogP contribution in [0, 0.1) is 0 Å². The molecular weight excluding hydrogens is 348 g/mol. The number of anilines is 1. The molecule has 0 saturated carbocycles. The van der Waals surface area contributed by atoms with Gasteiger partial charge >= 0.3 is 0 Å². The summed E-state index contributed by atoms with van der Waals surface area (Å²) in [6.45, 7) is 4.20. The van der Waals surface area contributed by atoms with Crippen LogP contribution in [0.15, 0.2) is 49.1 Å². The molecule has 136 valence electrons. The predicted molar refractivity (Wildman–Crippen MR) is 105 cm³/mol. The molecule has 0 amide bonds. The van der Waals surface area contributed by atoms with E-state index in [-0.39, 0.29) is 0 Å². The number of nitrogens with zero attached hydrogens (tertiary/aromatic N) is 4. The summed E-state index contributed by atoms with van der Waals surface area (Å²) >= 11 is 5.34. The van der Waals surface area contributed by atoms with Crippen LogP contribution in [0.5, 0.6) is 5.75 Å². The fourth-order valence-corrected chi connectivity index (χ4v) is 2.69. The van der Waals surface area contributed by atoms with Gasteiger partial charge in [0.25, 0.3) is 0 Å². The average Bonchev–Trinajstić information content (AvgIpc) is 3.29. The Labute approximate surface area is 158 Å². The summed E-state index contributed by atoms with van der Waals surface area (Å²) in [5.74, 6) is 0.838. The molecule has 7 nitrogen and oxygen atoms in total. The van der Waals surface area contributed by atoms with E-state index in [9.17, 15) is 0 Å². The lowest BCUT2D eigenvalue weighted by atomic mass is 10.2. The van der Waals surface area contributed by atoms with E-state index in [0.717, 1.165) is 29.1 Å². The molecule has 26 heavy (non-hydrogen) atoms. The van der Waals surface area contributed by atoms with Gasteiger partial charge in [-0.15, -0.1) is 0 Å². The Morgan fingerprint density at radius 1 is 1.15 bits per heavy atom. The highest BCUT2D eigenvalue weighted by Crippen LogP contribution is 2.14. The molecule has 0 fully saturated rings. The maximum atomic E-state index is 5.34. The molecule has 0 aliphatic rings. The van der Waals surface area contributed by atoms with Crippen molar-refractivity contribution in [3.8, 4) is 5.75 Å². The number of methoxy groups -OCH3 is 1. The Balaban J connectivity index is 1.51. The number of hydrogen-bond acceptors (Lipinski definition) is 4. The lowest BCUT2D eigenvalue weighted by Gasteiger charge is -2.07. The Morgan fingerprint density at radius 3 is 2.77 bits per heavy atom. The third kappa shape index (κ3) is 4.82. The molecule has 0 radical (unpaired) electrons. The van der Waals surface area contributed by atoms with Crippen LogP contribution < -0.4 is 15.4 Å². The van der Waals surface area contributed by atoms with Crippen LogP contribution in [0.4, 0.5) is 5.69 Å². The maximum Gasteiger partial charge on any atom is 0.171 e. The fourth-order valence-electron chi connectivity index (χ4n) is 2.50. The van der Waals surface area contributed by atoms with Gasteiger partial charge in [-0.2, -0.15) is 10.2 Å². The molecule has 3 rings (SSSR count). The lowest BCUT2D eigenvalue weighted by Crippen LogP contribution is -2.27. The van der Waals surface area contributed by atoms with Gasteiger partial charge in [0.15, 0.2) is 5.11 Å². The number of aryl methyl sites for hydroxylation is 1. The van der Waals surface area contributed by atoms with Gasteiger partial charge in [0.05, 0.1) is 31.7 Å². The first-order chi connectivity index (χ1) is 12.7. The van der Waals surface area contributed by atoms with Gasteiger partial charge in [0, 0.05) is 31.0 Å². The van der Waals surface area contributed by atoms with Crippen LogP contribution >= 0.6 is 12.2 Å². The fraction of sp³-hybridized carbons (Fsp3) is 0.278. The van der Waals surface area contributed by atoms with E-state index in [4.69, 9.17) is 17.0 Å². The van der Waals surface area contributed by atoms with Crippen LogP contribution in [0.1, 0.15) is 18.1 Å². The molecular formula is C18H22N6OS. The molecule has 3 aromatic rings. The molecule has 8 heteroatoms. The summed E-state index contributed by atoms with van der Waals surface area (Å²) < 4.78 is 8.99. The van der Waals surface area contributed by atoms with Crippen molar-refractivity contribution in [3.63, 3.8) is 0 Å². The van der Waals surface area contributed by atoms with Crippen molar-refractivity contribution in [1.29, 1.82) is 0 Å². The Bertz CT molecular complexity index is 872. The van der Waals surface area contributed by atoms with Crippen molar-refractivity contribution >= 4 is 23.0 Å². The minimum atomic E-state index is 0.551. The van der Waals surface area contributed by atoms with E-state index in [1.807, 2.05) is 52.2 Å². The number of nitrogens with one attached hydrogen (secondary N) is 2. The summed E-state index contributed by atoms with van der Waals surface area (Å²) in [6.07, 6.45) is 7.51. The third-order valence-corrected chi connectivity index (χ3v) is 4.08. The Hall–Kier alpha value is -2.87. The summed E-state index contributed by atoms with van der Waals surface area (Å²) in [7, 11) is 1.66. The Morgan fingerprint density at radius 2 is 2.00 bits per heavy atom. The number of ether oxygens (including phenoxy) is 1. The number of aromatic nitrogens is 4. The van der Waals surface area contributed by atoms with Gasteiger partial charge in [0.1, 0.15) is 5.75 Å². The van der Waals surface area contributed by atoms with Crippen molar-refractivity contribution in [2.75, 3.05) is 12.4 Å². The van der Waals surface area contributed by atoms with E-state index >= 15 is 0 Å². The largest absolute Gasteiger partial charge is 0.497 e. The highest BCUT2D eigenvalue weighted by atomic mass is 32.1. The van der Waals surface area contributed by atoms with Crippen LogP contribution in [0.25, 0.3) is 0 Å². The van der Waals surface area contributed by atoms with Crippen molar-refractivity contribution < 1.29 is 4.74 Å². The molecule has 0 unspecified atom stereocenters. The van der Waals surface area contributed by atoms with Crippen LogP contribution in [0.3, 0.4) is 0 Å². The van der Waals surface area contributed by atoms with E-state index in [1.54, 1.807) is 13.3 Å². The molecule has 0 saturated heterocycles. The average molecular weight is 370 g/mol. The van der Waals surface area contributed by atoms with Crippen LogP contribution in [-0.2, 0) is 19.6 Å². The quantitative estimate of drug-likeness (QED) is 0.623. The first-order valence-corrected chi connectivity index (χ1v) is 8.78. The van der Waals surface area contributed by atoms with Gasteiger partial charge < -0.3 is 15.4 Å². The summed E-state index contributed by atoms with van der Waals surface area (Å²) in [6, 6.07) is 7.93.